The molecule has 1 atom stereocenters. The number of para-hydroxylation sites is 1. The van der Waals surface area contributed by atoms with Crippen molar-refractivity contribution in [2.45, 2.75) is 50.3 Å². The zero-order chi connectivity index (χ0) is 19.4. The van der Waals surface area contributed by atoms with E-state index in [4.69, 9.17) is 10.00 Å². The van der Waals surface area contributed by atoms with Gasteiger partial charge in [0.1, 0.15) is 11.4 Å². The van der Waals surface area contributed by atoms with E-state index in [0.29, 0.717) is 12.1 Å². The van der Waals surface area contributed by atoms with E-state index in [9.17, 15) is 0 Å². The highest BCUT2D eigenvalue weighted by molar-refractivity contribution is 5.80. The molecule has 2 aromatic carbocycles. The number of benzene rings is 2. The number of hydrogen-bond donors (Lipinski definition) is 2. The molecule has 5 nitrogen and oxygen atoms in total. The van der Waals surface area contributed by atoms with Gasteiger partial charge in [0.15, 0.2) is 5.96 Å². The van der Waals surface area contributed by atoms with Crippen molar-refractivity contribution in [3.63, 3.8) is 0 Å². The van der Waals surface area contributed by atoms with Crippen LogP contribution >= 0.6 is 0 Å². The molecule has 1 aliphatic heterocycles. The molecule has 1 fully saturated rings. The van der Waals surface area contributed by atoms with Crippen molar-refractivity contribution in [3.05, 3.63) is 65.2 Å². The third kappa shape index (κ3) is 3.82. The average molecular weight is 374 g/mol. The van der Waals surface area contributed by atoms with Gasteiger partial charge in [-0.15, -0.1) is 0 Å². The molecule has 1 aliphatic carbocycles. The van der Waals surface area contributed by atoms with Crippen molar-refractivity contribution >= 4 is 5.96 Å². The van der Waals surface area contributed by atoms with Gasteiger partial charge in [-0.05, 0) is 49.4 Å². The van der Waals surface area contributed by atoms with E-state index in [1.807, 2.05) is 30.3 Å². The Labute approximate surface area is 166 Å². The normalized spacial score (nSPS) is 20.1. The van der Waals surface area contributed by atoms with Crippen molar-refractivity contribution in [2.75, 3.05) is 7.05 Å². The van der Waals surface area contributed by atoms with Crippen LogP contribution < -0.4 is 15.4 Å². The Kier molecular flexibility index (Phi) is 5.21. The van der Waals surface area contributed by atoms with Crippen LogP contribution in [0.5, 0.6) is 5.75 Å². The van der Waals surface area contributed by atoms with Crippen LogP contribution in [0.25, 0.3) is 0 Å². The van der Waals surface area contributed by atoms with Crippen LogP contribution in [0.2, 0.25) is 0 Å². The van der Waals surface area contributed by atoms with Gasteiger partial charge in [0.05, 0.1) is 17.7 Å². The Bertz CT molecular complexity index is 892. The molecule has 1 saturated carbocycles. The second-order valence-electron chi connectivity index (χ2n) is 7.67. The first-order valence-corrected chi connectivity index (χ1v) is 9.95. The maximum Gasteiger partial charge on any atom is 0.191 e. The van der Waals surface area contributed by atoms with Crippen LogP contribution in [-0.2, 0) is 6.54 Å². The van der Waals surface area contributed by atoms with Gasteiger partial charge in [-0.3, -0.25) is 4.99 Å². The fourth-order valence-electron chi connectivity index (χ4n) is 4.32. The number of nitrogens with one attached hydrogen (secondary N) is 2. The number of guanidine groups is 1. The molecule has 1 spiro atoms. The number of ether oxygens (including phenoxy) is 1. The van der Waals surface area contributed by atoms with Crippen LogP contribution in [0.1, 0.15) is 54.8 Å². The van der Waals surface area contributed by atoms with Crippen LogP contribution in [0, 0.1) is 11.3 Å². The molecule has 4 rings (SSSR count). The Morgan fingerprint density at radius 3 is 2.64 bits per heavy atom. The summed E-state index contributed by atoms with van der Waals surface area (Å²) < 4.78 is 6.45. The van der Waals surface area contributed by atoms with Crippen molar-refractivity contribution < 1.29 is 4.74 Å². The van der Waals surface area contributed by atoms with Crippen molar-refractivity contribution in [1.29, 1.82) is 5.26 Å². The summed E-state index contributed by atoms with van der Waals surface area (Å²) in [6.07, 6.45) is 5.68. The summed E-state index contributed by atoms with van der Waals surface area (Å²) in [5, 5.41) is 15.9. The molecule has 0 radical (unpaired) electrons. The molecule has 0 amide bonds. The lowest BCUT2D eigenvalue weighted by atomic mass is 9.86. The summed E-state index contributed by atoms with van der Waals surface area (Å²) in [6.45, 7) is 0.654. The SMILES string of the molecule is CN=C(NCc1ccc(C#N)cc1)NC1CC2(CCCC2)Oc2ccccc21. The number of nitrogens with zero attached hydrogens (tertiary/aromatic N) is 2. The number of nitriles is 1. The zero-order valence-corrected chi connectivity index (χ0v) is 16.2. The highest BCUT2D eigenvalue weighted by Gasteiger charge is 2.43. The van der Waals surface area contributed by atoms with Gasteiger partial charge in [-0.2, -0.15) is 5.26 Å². The largest absolute Gasteiger partial charge is 0.487 e. The van der Waals surface area contributed by atoms with Gasteiger partial charge in [0.2, 0.25) is 0 Å². The molecular weight excluding hydrogens is 348 g/mol. The smallest absolute Gasteiger partial charge is 0.191 e. The Morgan fingerprint density at radius 1 is 1.18 bits per heavy atom. The standard InChI is InChI=1S/C23H26N4O/c1-25-22(26-16-18-10-8-17(15-24)9-11-18)27-20-14-23(12-4-5-13-23)28-21-7-3-2-6-19(20)21/h2-3,6-11,20H,4-5,12-14,16H2,1H3,(H2,25,26,27). The van der Waals surface area contributed by atoms with E-state index in [1.54, 1.807) is 7.05 Å². The van der Waals surface area contributed by atoms with Crippen molar-refractivity contribution in [1.82, 2.24) is 10.6 Å². The number of fused-ring (bicyclic) bond motifs is 1. The molecule has 0 bridgehead atoms. The summed E-state index contributed by atoms with van der Waals surface area (Å²) in [5.74, 6) is 1.77. The minimum absolute atomic E-state index is 0.0437. The number of hydrogen-bond acceptors (Lipinski definition) is 3. The van der Waals surface area contributed by atoms with Gasteiger partial charge in [0.25, 0.3) is 0 Å². The number of rotatable bonds is 3. The molecule has 1 heterocycles. The van der Waals surface area contributed by atoms with Gasteiger partial charge in [-0.1, -0.05) is 30.3 Å². The Morgan fingerprint density at radius 2 is 1.93 bits per heavy atom. The molecule has 0 aromatic heterocycles. The van der Waals surface area contributed by atoms with Crippen LogP contribution in [-0.4, -0.2) is 18.6 Å². The summed E-state index contributed by atoms with van der Waals surface area (Å²) >= 11 is 0. The van der Waals surface area contributed by atoms with E-state index in [2.05, 4.69) is 39.9 Å². The monoisotopic (exact) mass is 374 g/mol. The lowest BCUT2D eigenvalue weighted by Gasteiger charge is -2.40. The lowest BCUT2D eigenvalue weighted by molar-refractivity contribution is 0.0396. The van der Waals surface area contributed by atoms with E-state index in [0.717, 1.165) is 36.5 Å². The fraction of sp³-hybridized carbons (Fsp3) is 0.391. The van der Waals surface area contributed by atoms with E-state index in [-0.39, 0.29) is 11.6 Å². The van der Waals surface area contributed by atoms with Crippen LogP contribution in [0.4, 0.5) is 0 Å². The first-order chi connectivity index (χ1) is 13.7. The number of aliphatic imine (C=N–C) groups is 1. The quantitative estimate of drug-likeness (QED) is 0.628. The summed E-state index contributed by atoms with van der Waals surface area (Å²) in [7, 11) is 1.80. The Balaban J connectivity index is 1.47. The molecule has 2 N–H and O–H groups in total. The minimum atomic E-state index is -0.0437. The van der Waals surface area contributed by atoms with Crippen molar-refractivity contribution in [3.8, 4) is 11.8 Å². The van der Waals surface area contributed by atoms with E-state index < -0.39 is 0 Å². The highest BCUT2D eigenvalue weighted by atomic mass is 16.5. The van der Waals surface area contributed by atoms with Gasteiger partial charge in [-0.25, -0.2) is 0 Å². The molecule has 0 saturated heterocycles. The van der Waals surface area contributed by atoms with Gasteiger partial charge in [0, 0.05) is 25.6 Å². The van der Waals surface area contributed by atoms with Crippen molar-refractivity contribution in [2.24, 2.45) is 4.99 Å². The summed E-state index contributed by atoms with van der Waals surface area (Å²) in [6, 6.07) is 18.3. The molecule has 2 aliphatic rings. The van der Waals surface area contributed by atoms with Gasteiger partial charge >= 0.3 is 0 Å². The van der Waals surface area contributed by atoms with Crippen LogP contribution in [0.3, 0.4) is 0 Å². The summed E-state index contributed by atoms with van der Waals surface area (Å²) in [5.41, 5.74) is 2.94. The Hall–Kier alpha value is -3.00. The molecule has 2 aromatic rings. The molecule has 144 valence electrons. The van der Waals surface area contributed by atoms with E-state index in [1.165, 1.54) is 18.4 Å². The summed E-state index contributed by atoms with van der Waals surface area (Å²) in [4.78, 5) is 4.42. The first kappa shape index (κ1) is 18.4. The maximum atomic E-state index is 8.93. The highest BCUT2D eigenvalue weighted by Crippen LogP contribution is 2.46. The first-order valence-electron chi connectivity index (χ1n) is 9.95. The minimum Gasteiger partial charge on any atom is -0.487 e. The lowest BCUT2D eigenvalue weighted by Crippen LogP contribution is -2.46. The second-order valence-corrected chi connectivity index (χ2v) is 7.67. The molecule has 28 heavy (non-hydrogen) atoms. The molecule has 5 heteroatoms. The predicted octanol–water partition coefficient (Wildman–Crippen LogP) is 4.06. The third-order valence-corrected chi connectivity index (χ3v) is 5.79. The zero-order valence-electron chi connectivity index (χ0n) is 16.2. The van der Waals surface area contributed by atoms with Gasteiger partial charge < -0.3 is 15.4 Å². The fourth-order valence-corrected chi connectivity index (χ4v) is 4.32. The topological polar surface area (TPSA) is 69.4 Å². The van der Waals surface area contributed by atoms with Crippen LogP contribution in [0.15, 0.2) is 53.5 Å². The molecular formula is C23H26N4O. The maximum absolute atomic E-state index is 8.93. The third-order valence-electron chi connectivity index (χ3n) is 5.79. The average Bonchev–Trinajstić information content (AvgIpc) is 3.18. The predicted molar refractivity (Wildman–Crippen MR) is 110 cm³/mol. The second kappa shape index (κ2) is 7.93. The van der Waals surface area contributed by atoms with E-state index >= 15 is 0 Å². The molecule has 1 unspecified atom stereocenters.